The average molecular weight is 568 g/mol. The summed E-state index contributed by atoms with van der Waals surface area (Å²) >= 11 is 0. The molecule has 3 aliphatic carbocycles. The summed E-state index contributed by atoms with van der Waals surface area (Å²) in [5, 5.41) is 6.61. The third kappa shape index (κ3) is 3.15. The van der Waals surface area contributed by atoms with Gasteiger partial charge in [-0.05, 0) is 102 Å². The lowest BCUT2D eigenvalue weighted by Crippen LogP contribution is -2.24. The standard InChI is InChI=1S/C43H37N/c1-41(2)32-16-8-7-14-29(32)40-34(41)18-11-19-38(40)44-26-20-21-27-30-23-37-31(24-36(30)43(5,6)35(27)22-26)28-15-9-12-25-13-10-17-33(39(25)28)42(37,3)4/h7-24,44H,1-6H3. The van der Waals surface area contributed by atoms with Crippen molar-refractivity contribution in [3.63, 3.8) is 0 Å². The first-order valence-corrected chi connectivity index (χ1v) is 16.0. The van der Waals surface area contributed by atoms with E-state index in [1.54, 1.807) is 0 Å². The predicted molar refractivity (Wildman–Crippen MR) is 186 cm³/mol. The summed E-state index contributed by atoms with van der Waals surface area (Å²) in [5.41, 5.74) is 18.7. The summed E-state index contributed by atoms with van der Waals surface area (Å²) < 4.78 is 0. The minimum absolute atomic E-state index is 0.0118. The monoisotopic (exact) mass is 567 g/mol. The normalized spacial score (nSPS) is 17.0. The van der Waals surface area contributed by atoms with E-state index in [2.05, 4.69) is 156 Å². The smallest absolute Gasteiger partial charge is 0.0467 e. The largest absolute Gasteiger partial charge is 0.355 e. The number of benzene rings is 6. The van der Waals surface area contributed by atoms with E-state index in [4.69, 9.17) is 0 Å². The van der Waals surface area contributed by atoms with Crippen molar-refractivity contribution in [2.24, 2.45) is 0 Å². The van der Waals surface area contributed by atoms with Gasteiger partial charge >= 0.3 is 0 Å². The molecule has 3 aliphatic rings. The van der Waals surface area contributed by atoms with Crippen LogP contribution in [0.25, 0.3) is 44.2 Å². The highest BCUT2D eigenvalue weighted by atomic mass is 14.9. The molecule has 9 rings (SSSR count). The molecule has 1 N–H and O–H groups in total. The lowest BCUT2D eigenvalue weighted by Gasteiger charge is -2.36. The lowest BCUT2D eigenvalue weighted by molar-refractivity contribution is 0.639. The molecule has 0 saturated carbocycles. The summed E-state index contributed by atoms with van der Waals surface area (Å²) in [6.45, 7) is 14.3. The van der Waals surface area contributed by atoms with E-state index >= 15 is 0 Å². The van der Waals surface area contributed by atoms with Gasteiger partial charge in [-0.15, -0.1) is 0 Å². The molecule has 1 heteroatoms. The fraction of sp³-hybridized carbons (Fsp3) is 0.209. The number of nitrogens with one attached hydrogen (secondary N) is 1. The fourth-order valence-corrected chi connectivity index (χ4v) is 8.84. The van der Waals surface area contributed by atoms with Crippen LogP contribution in [-0.2, 0) is 16.2 Å². The van der Waals surface area contributed by atoms with Crippen molar-refractivity contribution < 1.29 is 0 Å². The minimum Gasteiger partial charge on any atom is -0.355 e. The van der Waals surface area contributed by atoms with Crippen molar-refractivity contribution in [1.82, 2.24) is 0 Å². The molecular weight excluding hydrogens is 530 g/mol. The second-order valence-electron chi connectivity index (χ2n) is 14.7. The minimum atomic E-state index is -0.111. The van der Waals surface area contributed by atoms with Crippen molar-refractivity contribution in [3.05, 3.63) is 143 Å². The van der Waals surface area contributed by atoms with E-state index < -0.39 is 0 Å². The number of anilines is 2. The van der Waals surface area contributed by atoms with Crippen LogP contribution in [0.1, 0.15) is 74.9 Å². The molecule has 0 atom stereocenters. The summed E-state index contributed by atoms with van der Waals surface area (Å²) in [6, 6.07) is 41.3. The van der Waals surface area contributed by atoms with Crippen molar-refractivity contribution in [2.75, 3.05) is 5.32 Å². The summed E-state index contributed by atoms with van der Waals surface area (Å²) in [7, 11) is 0. The van der Waals surface area contributed by atoms with E-state index in [1.165, 1.54) is 83.2 Å². The number of fused-ring (bicyclic) bond motifs is 8. The number of hydrogen-bond donors (Lipinski definition) is 1. The van der Waals surface area contributed by atoms with Gasteiger partial charge in [0.1, 0.15) is 0 Å². The maximum Gasteiger partial charge on any atom is 0.0467 e. The van der Waals surface area contributed by atoms with Gasteiger partial charge in [0.15, 0.2) is 0 Å². The Bertz CT molecular complexity index is 2220. The Morgan fingerprint density at radius 2 is 0.977 bits per heavy atom. The van der Waals surface area contributed by atoms with Crippen molar-refractivity contribution >= 4 is 22.1 Å². The molecule has 0 aliphatic heterocycles. The zero-order chi connectivity index (χ0) is 30.2. The molecule has 0 aromatic heterocycles. The number of rotatable bonds is 2. The van der Waals surface area contributed by atoms with Crippen LogP contribution in [0, 0.1) is 0 Å². The number of hydrogen-bond acceptors (Lipinski definition) is 1. The summed E-state index contributed by atoms with van der Waals surface area (Å²) in [5.74, 6) is 0. The van der Waals surface area contributed by atoms with Crippen LogP contribution in [0.5, 0.6) is 0 Å². The maximum atomic E-state index is 3.87. The highest BCUT2D eigenvalue weighted by Gasteiger charge is 2.41. The quantitative estimate of drug-likeness (QED) is 0.219. The zero-order valence-corrected chi connectivity index (χ0v) is 26.4. The molecule has 6 aromatic carbocycles. The second-order valence-corrected chi connectivity index (χ2v) is 14.7. The molecule has 0 radical (unpaired) electrons. The molecule has 0 heterocycles. The first kappa shape index (κ1) is 25.8. The zero-order valence-electron chi connectivity index (χ0n) is 26.4. The lowest BCUT2D eigenvalue weighted by atomic mass is 9.67. The van der Waals surface area contributed by atoms with Gasteiger partial charge in [-0.2, -0.15) is 0 Å². The summed E-state index contributed by atoms with van der Waals surface area (Å²) in [4.78, 5) is 0. The molecule has 0 unspecified atom stereocenters. The Labute approximate surface area is 260 Å². The Balaban J connectivity index is 1.18. The summed E-state index contributed by atoms with van der Waals surface area (Å²) in [6.07, 6.45) is 0. The van der Waals surface area contributed by atoms with E-state index in [0.29, 0.717) is 0 Å². The molecule has 0 saturated heterocycles. The van der Waals surface area contributed by atoms with Gasteiger partial charge in [0.05, 0.1) is 0 Å². The fourth-order valence-electron chi connectivity index (χ4n) is 8.84. The second kappa shape index (κ2) is 8.30. The third-order valence-electron chi connectivity index (χ3n) is 11.2. The molecule has 0 amide bonds. The first-order valence-electron chi connectivity index (χ1n) is 16.0. The SMILES string of the molecule is CC1(C)c2cc(Nc3cccc4c3-c3ccccc3C4(C)C)ccc2-c2cc3c(cc21)-c1cccc2cccc(c12)C3(C)C. The van der Waals surface area contributed by atoms with E-state index in [9.17, 15) is 0 Å². The highest BCUT2D eigenvalue weighted by molar-refractivity contribution is 6.04. The predicted octanol–water partition coefficient (Wildman–Crippen LogP) is 11.5. The van der Waals surface area contributed by atoms with Gasteiger partial charge in [0, 0.05) is 33.2 Å². The van der Waals surface area contributed by atoms with Crippen LogP contribution in [0.2, 0.25) is 0 Å². The Morgan fingerprint density at radius 3 is 1.77 bits per heavy atom. The molecule has 44 heavy (non-hydrogen) atoms. The van der Waals surface area contributed by atoms with Gasteiger partial charge < -0.3 is 5.32 Å². The van der Waals surface area contributed by atoms with Crippen molar-refractivity contribution in [1.29, 1.82) is 0 Å². The van der Waals surface area contributed by atoms with Crippen molar-refractivity contribution in [3.8, 4) is 33.4 Å². The molecule has 1 nitrogen and oxygen atoms in total. The Hall–Kier alpha value is -4.62. The molecule has 214 valence electrons. The van der Waals surface area contributed by atoms with Crippen LogP contribution >= 0.6 is 0 Å². The Kier molecular flexibility index (Phi) is 4.87. The van der Waals surface area contributed by atoms with Crippen molar-refractivity contribution in [2.45, 2.75) is 57.8 Å². The van der Waals surface area contributed by atoms with E-state index in [0.717, 1.165) is 5.69 Å². The van der Waals surface area contributed by atoms with Gasteiger partial charge in [-0.1, -0.05) is 120 Å². The third-order valence-corrected chi connectivity index (χ3v) is 11.2. The van der Waals surface area contributed by atoms with E-state index in [1.807, 2.05) is 0 Å². The molecular formula is C43H37N. The molecule has 0 spiro atoms. The highest BCUT2D eigenvalue weighted by Crippen LogP contribution is 2.56. The topological polar surface area (TPSA) is 12.0 Å². The van der Waals surface area contributed by atoms with Gasteiger partial charge in [0.25, 0.3) is 0 Å². The van der Waals surface area contributed by atoms with Crippen LogP contribution < -0.4 is 5.32 Å². The van der Waals surface area contributed by atoms with Crippen LogP contribution in [-0.4, -0.2) is 0 Å². The van der Waals surface area contributed by atoms with Crippen LogP contribution in [0.4, 0.5) is 11.4 Å². The maximum absolute atomic E-state index is 3.87. The molecule has 0 fully saturated rings. The van der Waals surface area contributed by atoms with Gasteiger partial charge in [-0.3, -0.25) is 0 Å². The molecule has 6 aromatic rings. The van der Waals surface area contributed by atoms with Crippen LogP contribution in [0.15, 0.2) is 109 Å². The molecule has 0 bridgehead atoms. The Morgan fingerprint density at radius 1 is 0.409 bits per heavy atom. The average Bonchev–Trinajstić information content (AvgIpc) is 3.39. The van der Waals surface area contributed by atoms with Gasteiger partial charge in [0.2, 0.25) is 0 Å². The first-order chi connectivity index (χ1) is 21.1. The van der Waals surface area contributed by atoms with Gasteiger partial charge in [-0.25, -0.2) is 0 Å². The van der Waals surface area contributed by atoms with E-state index in [-0.39, 0.29) is 16.2 Å². The van der Waals surface area contributed by atoms with Crippen LogP contribution in [0.3, 0.4) is 0 Å².